The van der Waals surface area contributed by atoms with Crippen molar-refractivity contribution in [2.75, 3.05) is 20.8 Å². The summed E-state index contributed by atoms with van der Waals surface area (Å²) in [5.41, 5.74) is 6.65. The average Bonchev–Trinajstić information content (AvgIpc) is 3.42. The predicted molar refractivity (Wildman–Crippen MR) is 131 cm³/mol. The molecule has 0 spiro atoms. The molecule has 1 atom stereocenters. The number of benzene rings is 3. The molecule has 0 saturated carbocycles. The summed E-state index contributed by atoms with van der Waals surface area (Å²) in [7, 11) is 3.25. The first-order valence-electron chi connectivity index (χ1n) is 11.3. The molecule has 0 aliphatic carbocycles. The Morgan fingerprint density at radius 1 is 0.941 bits per heavy atom. The van der Waals surface area contributed by atoms with Crippen molar-refractivity contribution in [1.82, 2.24) is 15.1 Å². The fourth-order valence-electron chi connectivity index (χ4n) is 4.62. The molecule has 34 heavy (non-hydrogen) atoms. The number of nitrogens with one attached hydrogen (secondary N) is 1. The molecule has 6 nitrogen and oxygen atoms in total. The molecule has 4 aromatic rings. The second-order valence-electron chi connectivity index (χ2n) is 8.48. The van der Waals surface area contributed by atoms with Crippen molar-refractivity contribution in [2.24, 2.45) is 0 Å². The first-order valence-corrected chi connectivity index (χ1v) is 11.3. The van der Waals surface area contributed by atoms with Gasteiger partial charge in [0, 0.05) is 17.7 Å². The number of H-pyrrole nitrogens is 1. The number of aromatic nitrogens is 2. The summed E-state index contributed by atoms with van der Waals surface area (Å²) in [5, 5.41) is 7.57. The lowest BCUT2D eigenvalue weighted by Gasteiger charge is -2.26. The van der Waals surface area contributed by atoms with E-state index in [-0.39, 0.29) is 11.9 Å². The minimum absolute atomic E-state index is 0.0317. The van der Waals surface area contributed by atoms with Crippen molar-refractivity contribution >= 4 is 5.91 Å². The van der Waals surface area contributed by atoms with Crippen molar-refractivity contribution in [1.29, 1.82) is 0 Å². The number of ether oxygens (including phenoxy) is 2. The first-order chi connectivity index (χ1) is 16.6. The van der Waals surface area contributed by atoms with Crippen LogP contribution in [-0.4, -0.2) is 41.8 Å². The second-order valence-corrected chi connectivity index (χ2v) is 8.48. The van der Waals surface area contributed by atoms with Gasteiger partial charge in [-0.15, -0.1) is 0 Å². The van der Waals surface area contributed by atoms with E-state index in [0.717, 1.165) is 27.9 Å². The van der Waals surface area contributed by atoms with Gasteiger partial charge in [-0.2, -0.15) is 5.10 Å². The van der Waals surface area contributed by atoms with Gasteiger partial charge in [0.15, 0.2) is 11.5 Å². The molecule has 1 aliphatic rings. The molecule has 1 aromatic heterocycles. The zero-order chi connectivity index (χ0) is 23.7. The van der Waals surface area contributed by atoms with Crippen LogP contribution in [0.1, 0.15) is 38.8 Å². The summed E-state index contributed by atoms with van der Waals surface area (Å²) in [4.78, 5) is 15.5. The van der Waals surface area contributed by atoms with E-state index in [1.165, 1.54) is 5.56 Å². The van der Waals surface area contributed by atoms with E-state index in [2.05, 4.69) is 41.4 Å². The summed E-state index contributed by atoms with van der Waals surface area (Å²) in [6.45, 7) is 2.63. The van der Waals surface area contributed by atoms with E-state index >= 15 is 0 Å². The average molecular weight is 454 g/mol. The van der Waals surface area contributed by atoms with Crippen LogP contribution in [0.2, 0.25) is 0 Å². The third kappa shape index (κ3) is 3.81. The number of carbonyl (C=O) groups is 1. The molecule has 0 bridgehead atoms. The Hall–Kier alpha value is -4.06. The lowest BCUT2D eigenvalue weighted by atomic mass is 9.95. The maximum absolute atomic E-state index is 13.5. The summed E-state index contributed by atoms with van der Waals surface area (Å²) in [6, 6.07) is 24.1. The van der Waals surface area contributed by atoms with Crippen LogP contribution in [0.5, 0.6) is 11.5 Å². The van der Waals surface area contributed by atoms with Crippen LogP contribution in [0.4, 0.5) is 0 Å². The molecule has 1 aliphatic heterocycles. The fourth-order valence-corrected chi connectivity index (χ4v) is 4.62. The SMILES string of the molecule is COc1ccc(CCN2C(=O)c3[nH]nc(-c4ccccc4)c3C2c2ccc(C)cc2)cc1OC. The molecule has 1 amide bonds. The Labute approximate surface area is 199 Å². The molecule has 3 aromatic carbocycles. The quantitative estimate of drug-likeness (QED) is 0.418. The van der Waals surface area contributed by atoms with Gasteiger partial charge < -0.3 is 14.4 Å². The molecule has 5 rings (SSSR count). The van der Waals surface area contributed by atoms with Crippen LogP contribution in [0, 0.1) is 6.92 Å². The van der Waals surface area contributed by atoms with Crippen molar-refractivity contribution < 1.29 is 14.3 Å². The number of methoxy groups -OCH3 is 2. The third-order valence-electron chi connectivity index (χ3n) is 6.39. The Bertz CT molecular complexity index is 1310. The Morgan fingerprint density at radius 2 is 1.68 bits per heavy atom. The maximum Gasteiger partial charge on any atom is 0.273 e. The number of nitrogens with zero attached hydrogens (tertiary/aromatic N) is 2. The number of fused-ring (bicyclic) bond motifs is 1. The lowest BCUT2D eigenvalue weighted by molar-refractivity contribution is 0.0746. The number of hydrogen-bond donors (Lipinski definition) is 1. The molecule has 0 saturated heterocycles. The number of aromatic amines is 1. The second kappa shape index (κ2) is 9.06. The van der Waals surface area contributed by atoms with Crippen LogP contribution in [0.25, 0.3) is 11.3 Å². The van der Waals surface area contributed by atoms with Gasteiger partial charge >= 0.3 is 0 Å². The summed E-state index contributed by atoms with van der Waals surface area (Å²) < 4.78 is 10.8. The van der Waals surface area contributed by atoms with E-state index in [4.69, 9.17) is 9.47 Å². The van der Waals surface area contributed by atoms with Crippen molar-refractivity contribution in [3.8, 4) is 22.8 Å². The van der Waals surface area contributed by atoms with Crippen LogP contribution in [0.3, 0.4) is 0 Å². The molecule has 2 heterocycles. The van der Waals surface area contributed by atoms with Crippen LogP contribution in [0.15, 0.2) is 72.8 Å². The summed E-state index contributed by atoms with van der Waals surface area (Å²) in [5.74, 6) is 1.34. The number of hydrogen-bond acceptors (Lipinski definition) is 4. The zero-order valence-corrected chi connectivity index (χ0v) is 19.5. The van der Waals surface area contributed by atoms with Gasteiger partial charge in [0.1, 0.15) is 5.69 Å². The molecule has 1 N–H and O–H groups in total. The van der Waals surface area contributed by atoms with Crippen molar-refractivity contribution in [2.45, 2.75) is 19.4 Å². The van der Waals surface area contributed by atoms with Crippen LogP contribution in [-0.2, 0) is 6.42 Å². The molecule has 1 unspecified atom stereocenters. The fraction of sp³-hybridized carbons (Fsp3) is 0.214. The Balaban J connectivity index is 1.52. The number of carbonyl (C=O) groups excluding carboxylic acids is 1. The number of amides is 1. The highest BCUT2D eigenvalue weighted by Gasteiger charge is 2.41. The largest absolute Gasteiger partial charge is 0.493 e. The highest BCUT2D eigenvalue weighted by Crippen LogP contribution is 2.43. The van der Waals surface area contributed by atoms with Crippen molar-refractivity contribution in [3.63, 3.8) is 0 Å². The minimum Gasteiger partial charge on any atom is -0.493 e. The first kappa shape index (κ1) is 21.8. The van der Waals surface area contributed by atoms with E-state index in [1.54, 1.807) is 14.2 Å². The van der Waals surface area contributed by atoms with Crippen molar-refractivity contribution in [3.05, 3.63) is 101 Å². The molecular weight excluding hydrogens is 426 g/mol. The zero-order valence-electron chi connectivity index (χ0n) is 19.5. The smallest absolute Gasteiger partial charge is 0.273 e. The van der Waals surface area contributed by atoms with E-state index in [9.17, 15) is 4.79 Å². The molecular formula is C28H27N3O3. The van der Waals surface area contributed by atoms with Gasteiger partial charge in [0.2, 0.25) is 0 Å². The highest BCUT2D eigenvalue weighted by molar-refractivity contribution is 6.00. The maximum atomic E-state index is 13.5. The molecule has 0 fully saturated rings. The van der Waals surface area contributed by atoms with Crippen LogP contribution >= 0.6 is 0 Å². The van der Waals surface area contributed by atoms with E-state index in [0.29, 0.717) is 30.2 Å². The van der Waals surface area contributed by atoms with E-state index in [1.807, 2.05) is 53.4 Å². The predicted octanol–water partition coefficient (Wildman–Crippen LogP) is 5.19. The van der Waals surface area contributed by atoms with E-state index < -0.39 is 0 Å². The van der Waals surface area contributed by atoms with Gasteiger partial charge in [-0.1, -0.05) is 66.2 Å². The monoisotopic (exact) mass is 453 g/mol. The summed E-state index contributed by atoms with van der Waals surface area (Å²) in [6.07, 6.45) is 0.687. The molecule has 0 radical (unpaired) electrons. The van der Waals surface area contributed by atoms with Gasteiger partial charge in [-0.05, 0) is 36.6 Å². The number of rotatable bonds is 7. The summed E-state index contributed by atoms with van der Waals surface area (Å²) >= 11 is 0. The lowest BCUT2D eigenvalue weighted by Crippen LogP contribution is -2.31. The topological polar surface area (TPSA) is 67.5 Å². The van der Waals surface area contributed by atoms with Crippen LogP contribution < -0.4 is 9.47 Å². The highest BCUT2D eigenvalue weighted by atomic mass is 16.5. The Kier molecular flexibility index (Phi) is 5.80. The molecule has 172 valence electrons. The molecule has 6 heteroatoms. The minimum atomic E-state index is -0.211. The van der Waals surface area contributed by atoms with Gasteiger partial charge in [0.25, 0.3) is 5.91 Å². The normalized spacial score (nSPS) is 14.9. The van der Waals surface area contributed by atoms with Gasteiger partial charge in [0.05, 0.1) is 26.0 Å². The van der Waals surface area contributed by atoms with Gasteiger partial charge in [-0.25, -0.2) is 0 Å². The number of aryl methyl sites for hydroxylation is 1. The standard InChI is InChI=1S/C28H27N3O3/c1-18-9-12-21(13-10-18)27-24-25(20-7-5-4-6-8-20)29-30-26(24)28(32)31(27)16-15-19-11-14-22(33-2)23(17-19)34-3/h4-14,17,27H,15-16H2,1-3H3,(H,29,30). The Morgan fingerprint density at radius 3 is 2.38 bits per heavy atom. The van der Waals surface area contributed by atoms with Gasteiger partial charge in [-0.3, -0.25) is 9.89 Å². The third-order valence-corrected chi connectivity index (χ3v) is 6.39.